The number of alkyl halides is 1. The third kappa shape index (κ3) is 3.03. The van der Waals surface area contributed by atoms with Gasteiger partial charge in [-0.05, 0) is 54.9 Å². The van der Waals surface area contributed by atoms with E-state index in [0.29, 0.717) is 12.5 Å². The maximum absolute atomic E-state index is 12.8. The standard InChI is InChI=1S/C19H25ClN2O4S/c20-4-7-27(23,24)22-5-1-2-14-11-21-6-3-13-8-18-19(26-12-25-18)9-15(13)17(21)10-16(14)22/h8-9,14,16-17H,1-7,10-12H2/t14-,16+,17+/m1/s1. The highest BCUT2D eigenvalue weighted by Crippen LogP contribution is 2.46. The first-order valence-corrected chi connectivity index (χ1v) is 11.9. The largest absolute Gasteiger partial charge is 0.454 e. The molecule has 4 aliphatic rings. The first-order valence-electron chi connectivity index (χ1n) is 9.79. The van der Waals surface area contributed by atoms with Crippen LogP contribution >= 0.6 is 11.6 Å². The smallest absolute Gasteiger partial charge is 0.231 e. The Bertz CT molecular complexity index is 846. The number of halogens is 1. The van der Waals surface area contributed by atoms with Crippen molar-refractivity contribution in [1.29, 1.82) is 0 Å². The highest BCUT2D eigenvalue weighted by molar-refractivity contribution is 7.89. The SMILES string of the molecule is O=S(=O)(CCCl)N1CCC[C@@H]2CN3CCc4cc5c(cc4[C@@H]3C[C@@H]21)OCO5. The van der Waals surface area contributed by atoms with E-state index in [1.54, 1.807) is 4.31 Å². The lowest BCUT2D eigenvalue weighted by molar-refractivity contribution is 0.0220. The second-order valence-electron chi connectivity index (χ2n) is 7.99. The van der Waals surface area contributed by atoms with Gasteiger partial charge in [-0.25, -0.2) is 8.42 Å². The Morgan fingerprint density at radius 2 is 2.00 bits per heavy atom. The van der Waals surface area contributed by atoms with Crippen LogP contribution in [-0.2, 0) is 16.4 Å². The van der Waals surface area contributed by atoms with Crippen LogP contribution in [0, 0.1) is 5.92 Å². The monoisotopic (exact) mass is 412 g/mol. The minimum absolute atomic E-state index is 0.0292. The third-order valence-electron chi connectivity index (χ3n) is 6.60. The van der Waals surface area contributed by atoms with E-state index in [2.05, 4.69) is 17.0 Å². The first kappa shape index (κ1) is 18.0. The molecule has 0 bridgehead atoms. The molecule has 0 aromatic heterocycles. The molecule has 3 atom stereocenters. The summed E-state index contributed by atoms with van der Waals surface area (Å²) in [5.41, 5.74) is 2.59. The molecule has 27 heavy (non-hydrogen) atoms. The fourth-order valence-corrected chi connectivity index (χ4v) is 7.45. The van der Waals surface area contributed by atoms with Crippen LogP contribution in [0.5, 0.6) is 11.5 Å². The van der Waals surface area contributed by atoms with Gasteiger partial charge in [0.25, 0.3) is 0 Å². The summed E-state index contributed by atoms with van der Waals surface area (Å²) in [6.45, 7) is 2.90. The van der Waals surface area contributed by atoms with Gasteiger partial charge in [-0.3, -0.25) is 4.90 Å². The van der Waals surface area contributed by atoms with E-state index in [0.717, 1.165) is 50.3 Å². The number of sulfonamides is 1. The molecule has 0 N–H and O–H groups in total. The summed E-state index contributed by atoms with van der Waals surface area (Å²) >= 11 is 5.77. The van der Waals surface area contributed by atoms with Crippen LogP contribution in [-0.4, -0.2) is 61.7 Å². The summed E-state index contributed by atoms with van der Waals surface area (Å²) in [5.74, 6) is 2.24. The summed E-state index contributed by atoms with van der Waals surface area (Å²) < 4.78 is 38.5. The Hall–Kier alpha value is -1.02. The van der Waals surface area contributed by atoms with Gasteiger partial charge in [0.1, 0.15) is 0 Å². The normalized spacial score (nSPS) is 30.5. The van der Waals surface area contributed by atoms with Crippen LogP contribution in [0.1, 0.15) is 36.4 Å². The van der Waals surface area contributed by atoms with E-state index >= 15 is 0 Å². The van der Waals surface area contributed by atoms with Crippen molar-refractivity contribution in [3.63, 3.8) is 0 Å². The summed E-state index contributed by atoms with van der Waals surface area (Å²) in [6, 6.07) is 4.56. The Morgan fingerprint density at radius 1 is 1.19 bits per heavy atom. The maximum Gasteiger partial charge on any atom is 0.231 e. The molecule has 0 radical (unpaired) electrons. The van der Waals surface area contributed by atoms with E-state index in [-0.39, 0.29) is 30.5 Å². The molecule has 0 aliphatic carbocycles. The van der Waals surface area contributed by atoms with Gasteiger partial charge in [-0.2, -0.15) is 4.31 Å². The zero-order valence-electron chi connectivity index (χ0n) is 15.3. The van der Waals surface area contributed by atoms with Crippen LogP contribution in [0.15, 0.2) is 12.1 Å². The molecule has 0 amide bonds. The first-order chi connectivity index (χ1) is 13.1. The molecular formula is C19H25ClN2O4S. The van der Waals surface area contributed by atoms with Crippen molar-refractivity contribution in [2.75, 3.05) is 38.1 Å². The molecule has 5 rings (SSSR count). The van der Waals surface area contributed by atoms with Gasteiger partial charge in [-0.1, -0.05) is 0 Å². The molecule has 1 aromatic rings. The summed E-state index contributed by atoms with van der Waals surface area (Å²) in [6.07, 6.45) is 3.90. The van der Waals surface area contributed by atoms with Crippen LogP contribution in [0.3, 0.4) is 0 Å². The fourth-order valence-electron chi connectivity index (χ4n) is 5.35. The minimum atomic E-state index is -3.29. The van der Waals surface area contributed by atoms with Crippen LogP contribution in [0.4, 0.5) is 0 Å². The van der Waals surface area contributed by atoms with E-state index in [1.807, 2.05) is 0 Å². The minimum Gasteiger partial charge on any atom is -0.454 e. The van der Waals surface area contributed by atoms with Crippen LogP contribution in [0.25, 0.3) is 0 Å². The lowest BCUT2D eigenvalue weighted by Crippen LogP contribution is -2.57. The van der Waals surface area contributed by atoms with E-state index in [9.17, 15) is 8.42 Å². The highest BCUT2D eigenvalue weighted by Gasteiger charge is 2.46. The van der Waals surface area contributed by atoms with Crippen molar-refractivity contribution >= 4 is 21.6 Å². The van der Waals surface area contributed by atoms with E-state index in [1.165, 1.54) is 11.1 Å². The molecule has 148 valence electrons. The van der Waals surface area contributed by atoms with E-state index in [4.69, 9.17) is 21.1 Å². The molecule has 4 aliphatic heterocycles. The predicted molar refractivity (Wildman–Crippen MR) is 103 cm³/mol. The molecule has 8 heteroatoms. The van der Waals surface area contributed by atoms with Crippen molar-refractivity contribution in [1.82, 2.24) is 9.21 Å². The number of fused-ring (bicyclic) bond motifs is 5. The molecule has 0 saturated carbocycles. The van der Waals surface area contributed by atoms with Gasteiger partial charge >= 0.3 is 0 Å². The van der Waals surface area contributed by atoms with Gasteiger partial charge in [0.2, 0.25) is 16.8 Å². The predicted octanol–water partition coefficient (Wildman–Crippen LogP) is 2.37. The molecule has 1 aromatic carbocycles. The number of nitrogens with zero attached hydrogens (tertiary/aromatic N) is 2. The Balaban J connectivity index is 1.47. The maximum atomic E-state index is 12.8. The molecule has 0 spiro atoms. The van der Waals surface area contributed by atoms with Gasteiger partial charge < -0.3 is 9.47 Å². The van der Waals surface area contributed by atoms with Crippen molar-refractivity contribution in [3.05, 3.63) is 23.3 Å². The molecule has 4 heterocycles. The quantitative estimate of drug-likeness (QED) is 0.713. The van der Waals surface area contributed by atoms with Crippen molar-refractivity contribution in [3.8, 4) is 11.5 Å². The number of hydrogen-bond donors (Lipinski definition) is 0. The van der Waals surface area contributed by atoms with Crippen molar-refractivity contribution in [2.24, 2.45) is 5.92 Å². The van der Waals surface area contributed by atoms with Crippen LogP contribution in [0.2, 0.25) is 0 Å². The molecule has 0 unspecified atom stereocenters. The lowest BCUT2D eigenvalue weighted by atomic mass is 9.77. The molecular weight excluding hydrogens is 388 g/mol. The number of ether oxygens (including phenoxy) is 2. The molecule has 6 nitrogen and oxygen atoms in total. The second kappa shape index (κ2) is 6.79. The average molecular weight is 413 g/mol. The Labute approximate surface area is 165 Å². The topological polar surface area (TPSA) is 59.1 Å². The Kier molecular flexibility index (Phi) is 4.54. The molecule has 2 saturated heterocycles. The average Bonchev–Trinajstić information content (AvgIpc) is 3.11. The van der Waals surface area contributed by atoms with Crippen molar-refractivity contribution < 1.29 is 17.9 Å². The fraction of sp³-hybridized carbons (Fsp3) is 0.684. The second-order valence-corrected chi connectivity index (χ2v) is 10.4. The number of piperidine rings is 2. The summed E-state index contributed by atoms with van der Waals surface area (Å²) in [4.78, 5) is 2.55. The number of benzene rings is 1. The zero-order valence-corrected chi connectivity index (χ0v) is 16.8. The van der Waals surface area contributed by atoms with Crippen LogP contribution < -0.4 is 9.47 Å². The zero-order chi connectivity index (χ0) is 18.6. The van der Waals surface area contributed by atoms with E-state index < -0.39 is 10.0 Å². The lowest BCUT2D eigenvalue weighted by Gasteiger charge is -2.51. The van der Waals surface area contributed by atoms with Gasteiger partial charge in [0.05, 0.1) is 5.75 Å². The van der Waals surface area contributed by atoms with Gasteiger partial charge in [0.15, 0.2) is 11.5 Å². The molecule has 2 fully saturated rings. The van der Waals surface area contributed by atoms with Crippen molar-refractivity contribution in [2.45, 2.75) is 37.8 Å². The third-order valence-corrected chi connectivity index (χ3v) is 8.90. The van der Waals surface area contributed by atoms with Gasteiger partial charge in [0, 0.05) is 37.6 Å². The summed E-state index contributed by atoms with van der Waals surface area (Å²) in [5, 5.41) is 0. The number of rotatable bonds is 3. The highest BCUT2D eigenvalue weighted by atomic mass is 35.5. The van der Waals surface area contributed by atoms with Gasteiger partial charge in [-0.15, -0.1) is 11.6 Å². The number of hydrogen-bond acceptors (Lipinski definition) is 5. The summed E-state index contributed by atoms with van der Waals surface area (Å²) in [7, 11) is -3.29. The Morgan fingerprint density at radius 3 is 2.81 bits per heavy atom.